The van der Waals surface area contributed by atoms with E-state index < -0.39 is 5.03 Å². The Kier molecular flexibility index (Phi) is 9.01. The average Bonchev–Trinajstić information content (AvgIpc) is 3.12. The minimum absolute atomic E-state index is 0.0519. The SMILES string of the molecule is Cc1cccc(NC(=O)C2CC(NC(=O)CCCCCN/C(N)=N/[N+](=O)[O-])CN2)c1. The van der Waals surface area contributed by atoms with Crippen molar-refractivity contribution in [3.8, 4) is 0 Å². The Morgan fingerprint density at radius 1 is 1.33 bits per heavy atom. The lowest BCUT2D eigenvalue weighted by molar-refractivity contribution is -0.485. The van der Waals surface area contributed by atoms with E-state index in [9.17, 15) is 19.7 Å². The van der Waals surface area contributed by atoms with Crippen molar-refractivity contribution in [3.05, 3.63) is 39.9 Å². The van der Waals surface area contributed by atoms with E-state index in [0.29, 0.717) is 38.8 Å². The van der Waals surface area contributed by atoms with Gasteiger partial charge in [-0.25, -0.2) is 10.1 Å². The molecule has 0 spiro atoms. The van der Waals surface area contributed by atoms with E-state index in [1.165, 1.54) is 0 Å². The smallest absolute Gasteiger partial charge is 0.266 e. The molecule has 164 valence electrons. The third-order valence-corrected chi connectivity index (χ3v) is 4.67. The van der Waals surface area contributed by atoms with Crippen molar-refractivity contribution in [3.63, 3.8) is 0 Å². The molecule has 0 saturated carbocycles. The number of aryl methyl sites for hydroxylation is 1. The molecule has 1 fully saturated rings. The summed E-state index contributed by atoms with van der Waals surface area (Å²) >= 11 is 0. The molecule has 1 aromatic carbocycles. The van der Waals surface area contributed by atoms with Crippen LogP contribution in [0.15, 0.2) is 29.4 Å². The number of nitrogens with two attached hydrogens (primary N) is 1. The van der Waals surface area contributed by atoms with Gasteiger partial charge in [-0.3, -0.25) is 9.59 Å². The van der Waals surface area contributed by atoms with Crippen molar-refractivity contribution in [2.24, 2.45) is 10.8 Å². The van der Waals surface area contributed by atoms with Gasteiger partial charge in [0.15, 0.2) is 5.03 Å². The van der Waals surface area contributed by atoms with Crippen LogP contribution in [0.3, 0.4) is 0 Å². The van der Waals surface area contributed by atoms with Gasteiger partial charge in [-0.2, -0.15) is 0 Å². The van der Waals surface area contributed by atoms with Crippen molar-refractivity contribution in [1.82, 2.24) is 16.0 Å². The van der Waals surface area contributed by atoms with E-state index in [1.54, 1.807) is 0 Å². The Hall–Kier alpha value is -3.21. The second-order valence-electron chi connectivity index (χ2n) is 7.28. The van der Waals surface area contributed by atoms with E-state index in [2.05, 4.69) is 26.4 Å². The number of unbranched alkanes of at least 4 members (excludes halogenated alkanes) is 2. The molecule has 2 amide bonds. The van der Waals surface area contributed by atoms with E-state index in [0.717, 1.165) is 17.7 Å². The number of nitro groups is 1. The van der Waals surface area contributed by atoms with Crippen LogP contribution in [0.4, 0.5) is 5.69 Å². The Morgan fingerprint density at radius 3 is 2.87 bits per heavy atom. The van der Waals surface area contributed by atoms with Crippen LogP contribution in [-0.2, 0) is 9.59 Å². The highest BCUT2D eigenvalue weighted by molar-refractivity contribution is 5.95. The molecule has 0 aromatic heterocycles. The molecule has 1 aliphatic heterocycles. The summed E-state index contributed by atoms with van der Waals surface area (Å²) in [5, 5.41) is 23.9. The summed E-state index contributed by atoms with van der Waals surface area (Å²) in [6.07, 6.45) is 3.11. The highest BCUT2D eigenvalue weighted by atomic mass is 16.7. The molecular formula is C19H29N7O4. The average molecular weight is 419 g/mol. The Morgan fingerprint density at radius 2 is 2.13 bits per heavy atom. The van der Waals surface area contributed by atoms with Crippen LogP contribution in [0, 0.1) is 17.0 Å². The van der Waals surface area contributed by atoms with E-state index in [-0.39, 0.29) is 29.9 Å². The first-order chi connectivity index (χ1) is 14.3. The first-order valence-electron chi connectivity index (χ1n) is 9.96. The van der Waals surface area contributed by atoms with Crippen molar-refractivity contribution in [2.75, 3.05) is 18.4 Å². The second kappa shape index (κ2) is 11.7. The van der Waals surface area contributed by atoms with Gasteiger partial charge >= 0.3 is 0 Å². The van der Waals surface area contributed by atoms with Crippen LogP contribution in [0.1, 0.15) is 37.7 Å². The summed E-state index contributed by atoms with van der Waals surface area (Å²) in [7, 11) is 0. The summed E-state index contributed by atoms with van der Waals surface area (Å²) in [4.78, 5) is 34.6. The van der Waals surface area contributed by atoms with E-state index >= 15 is 0 Å². The lowest BCUT2D eigenvalue weighted by Gasteiger charge is -2.13. The second-order valence-corrected chi connectivity index (χ2v) is 7.28. The maximum Gasteiger partial charge on any atom is 0.266 e. The standard InChI is InChI=1S/C19H29N7O4/c1-13-6-5-7-14(10-13)24-18(28)16-11-15(12-22-16)23-17(27)8-3-2-4-9-21-19(20)25-26(29)30/h5-7,10,15-16,22H,2-4,8-9,11-12H2,1H3,(H,23,27)(H,24,28)(H3,20,21,25). The zero-order valence-corrected chi connectivity index (χ0v) is 17.0. The number of carbonyl (C=O) groups excluding carboxylic acids is 2. The number of hydrogen-bond donors (Lipinski definition) is 5. The zero-order valence-electron chi connectivity index (χ0n) is 17.0. The third kappa shape index (κ3) is 8.43. The molecule has 1 aliphatic rings. The van der Waals surface area contributed by atoms with Crippen LogP contribution in [0.5, 0.6) is 0 Å². The van der Waals surface area contributed by atoms with Crippen LogP contribution in [-0.4, -0.2) is 48.0 Å². The van der Waals surface area contributed by atoms with Crippen molar-refractivity contribution < 1.29 is 14.6 Å². The topological polar surface area (TPSA) is 164 Å². The van der Waals surface area contributed by atoms with Gasteiger partial charge in [0.25, 0.3) is 5.96 Å². The zero-order chi connectivity index (χ0) is 21.9. The molecule has 2 atom stereocenters. The Labute approximate surface area is 175 Å². The molecular weight excluding hydrogens is 390 g/mol. The quantitative estimate of drug-likeness (QED) is 0.121. The van der Waals surface area contributed by atoms with E-state index in [1.807, 2.05) is 31.2 Å². The van der Waals surface area contributed by atoms with Gasteiger partial charge in [0.2, 0.25) is 11.8 Å². The number of rotatable bonds is 10. The summed E-state index contributed by atoms with van der Waals surface area (Å²) < 4.78 is 0. The first-order valence-corrected chi connectivity index (χ1v) is 9.96. The minimum Gasteiger partial charge on any atom is -0.365 e. The number of guanidine groups is 1. The van der Waals surface area contributed by atoms with Gasteiger partial charge in [-0.05, 0) is 43.9 Å². The maximum atomic E-state index is 12.4. The molecule has 30 heavy (non-hydrogen) atoms. The number of nitrogens with zero attached hydrogens (tertiary/aromatic N) is 2. The fourth-order valence-corrected chi connectivity index (χ4v) is 3.22. The van der Waals surface area contributed by atoms with Gasteiger partial charge in [-0.1, -0.05) is 18.6 Å². The predicted molar refractivity (Wildman–Crippen MR) is 113 cm³/mol. The molecule has 1 saturated heterocycles. The Balaban J connectivity index is 1.59. The van der Waals surface area contributed by atoms with Crippen LogP contribution < -0.4 is 27.0 Å². The maximum absolute atomic E-state index is 12.4. The number of hydrazone groups is 1. The summed E-state index contributed by atoms with van der Waals surface area (Å²) in [6, 6.07) is 7.19. The lowest BCUT2D eigenvalue weighted by Crippen LogP contribution is -2.36. The van der Waals surface area contributed by atoms with Gasteiger partial charge < -0.3 is 27.0 Å². The lowest BCUT2D eigenvalue weighted by atomic mass is 10.1. The highest BCUT2D eigenvalue weighted by Gasteiger charge is 2.30. The number of benzene rings is 1. The Bertz CT molecular complexity index is 784. The third-order valence-electron chi connectivity index (χ3n) is 4.67. The number of anilines is 1. The van der Waals surface area contributed by atoms with Crippen LogP contribution in [0.25, 0.3) is 0 Å². The fourth-order valence-electron chi connectivity index (χ4n) is 3.22. The van der Waals surface area contributed by atoms with Crippen molar-refractivity contribution in [1.29, 1.82) is 0 Å². The molecule has 1 heterocycles. The first kappa shape index (κ1) is 23.1. The molecule has 2 rings (SSSR count). The highest BCUT2D eigenvalue weighted by Crippen LogP contribution is 2.13. The molecule has 0 aliphatic carbocycles. The summed E-state index contributed by atoms with van der Waals surface area (Å²) in [5.74, 6) is -0.388. The summed E-state index contributed by atoms with van der Waals surface area (Å²) in [6.45, 7) is 2.97. The normalized spacial score (nSPS) is 18.6. The molecule has 6 N–H and O–H groups in total. The molecule has 0 radical (unpaired) electrons. The molecule has 1 aromatic rings. The molecule has 2 unspecified atom stereocenters. The number of nitrogens with one attached hydrogen (secondary N) is 4. The predicted octanol–water partition coefficient (Wildman–Crippen LogP) is 0.437. The largest absolute Gasteiger partial charge is 0.365 e. The molecule has 0 bridgehead atoms. The van der Waals surface area contributed by atoms with Gasteiger partial charge in [0, 0.05) is 31.2 Å². The fraction of sp³-hybridized carbons (Fsp3) is 0.526. The van der Waals surface area contributed by atoms with Crippen LogP contribution in [0.2, 0.25) is 0 Å². The molecule has 11 heteroatoms. The van der Waals surface area contributed by atoms with Gasteiger partial charge in [-0.15, -0.1) is 0 Å². The number of hydrogen-bond acceptors (Lipinski definition) is 5. The van der Waals surface area contributed by atoms with Crippen molar-refractivity contribution in [2.45, 2.75) is 51.1 Å². The minimum atomic E-state index is -0.860. The molecule has 11 nitrogen and oxygen atoms in total. The van der Waals surface area contributed by atoms with Gasteiger partial charge in [0.1, 0.15) is 5.10 Å². The monoisotopic (exact) mass is 419 g/mol. The number of carbonyl (C=O) groups is 2. The van der Waals surface area contributed by atoms with Crippen LogP contribution >= 0.6 is 0 Å². The number of amides is 2. The van der Waals surface area contributed by atoms with Gasteiger partial charge in [0.05, 0.1) is 6.04 Å². The van der Waals surface area contributed by atoms with E-state index in [4.69, 9.17) is 5.73 Å². The summed E-state index contributed by atoms with van der Waals surface area (Å²) in [5.41, 5.74) is 7.14. The van der Waals surface area contributed by atoms with Crippen molar-refractivity contribution >= 4 is 23.5 Å².